The van der Waals surface area contributed by atoms with Gasteiger partial charge in [-0.25, -0.2) is 9.59 Å². The number of hydrogen-bond donors (Lipinski definition) is 6. The number of primary amides is 2. The van der Waals surface area contributed by atoms with Crippen molar-refractivity contribution in [2.75, 3.05) is 0 Å². The molecule has 2 atom stereocenters. The molecule has 0 unspecified atom stereocenters. The molecule has 0 radical (unpaired) electrons. The average Bonchev–Trinajstić information content (AvgIpc) is 2.99. The van der Waals surface area contributed by atoms with Gasteiger partial charge in [-0.15, -0.1) is 0 Å². The first-order chi connectivity index (χ1) is 21.9. The molecule has 8 N–H and O–H groups in total. The zero-order valence-corrected chi connectivity index (χ0v) is 28.6. The maximum Gasteiger partial charge on any atom is 0.326 e. The van der Waals surface area contributed by atoms with E-state index in [4.69, 9.17) is 21.7 Å². The van der Waals surface area contributed by atoms with Gasteiger partial charge >= 0.3 is 11.9 Å². The summed E-state index contributed by atoms with van der Waals surface area (Å²) >= 11 is 0. The molecular weight excluding hydrogens is 592 g/mol. The van der Waals surface area contributed by atoms with Gasteiger partial charge in [0.1, 0.15) is 12.1 Å². The van der Waals surface area contributed by atoms with Gasteiger partial charge in [-0.2, -0.15) is 0 Å². The highest BCUT2D eigenvalue weighted by Gasteiger charge is 2.21. The average molecular weight is 657 g/mol. The van der Waals surface area contributed by atoms with Gasteiger partial charge in [-0.3, -0.25) is 19.2 Å². The molecule has 0 aromatic carbocycles. The molecular formula is C34H64N4O8. The van der Waals surface area contributed by atoms with Crippen LogP contribution in [-0.4, -0.2) is 57.9 Å². The Kier molecular flexibility index (Phi) is 31.1. The lowest BCUT2D eigenvalue weighted by molar-refractivity contribution is -0.142. The lowest BCUT2D eigenvalue weighted by Crippen LogP contribution is -2.41. The molecule has 0 saturated carbocycles. The highest BCUT2D eigenvalue weighted by atomic mass is 16.4. The summed E-state index contributed by atoms with van der Waals surface area (Å²) in [6.45, 7) is 4.40. The molecule has 12 nitrogen and oxygen atoms in total. The van der Waals surface area contributed by atoms with Crippen LogP contribution in [0.25, 0.3) is 0 Å². The second-order valence-corrected chi connectivity index (χ2v) is 12.1. The van der Waals surface area contributed by atoms with Crippen LogP contribution in [0.5, 0.6) is 0 Å². The molecule has 12 heteroatoms. The lowest BCUT2D eigenvalue weighted by atomic mass is 10.1. The van der Waals surface area contributed by atoms with Gasteiger partial charge in [0.15, 0.2) is 0 Å². The number of unbranched alkanes of at least 4 members (excludes halogenated alkanes) is 16. The first kappa shape index (κ1) is 44.9. The molecule has 0 spiro atoms. The van der Waals surface area contributed by atoms with Gasteiger partial charge < -0.3 is 32.3 Å². The van der Waals surface area contributed by atoms with Gasteiger partial charge in [0.05, 0.1) is 0 Å². The van der Waals surface area contributed by atoms with Crippen molar-refractivity contribution in [3.63, 3.8) is 0 Å². The largest absolute Gasteiger partial charge is 0.480 e. The fraction of sp³-hybridized carbons (Fsp3) is 0.824. The number of hydrogen-bond acceptors (Lipinski definition) is 6. The van der Waals surface area contributed by atoms with E-state index in [1.807, 2.05) is 0 Å². The standard InChI is InChI=1S/2C17H32N2O4/c2*1-2-3-4-5-6-7-8-9-10-11-16(21)19-14(17(22)23)12-13-15(18)20/h2*14H,2-13H2,1H3,(H2,18,20)(H,19,21)(H,22,23)/t2*14-/m00/s1. The van der Waals surface area contributed by atoms with Gasteiger partial charge in [0.2, 0.25) is 23.6 Å². The Labute approximate surface area is 276 Å². The summed E-state index contributed by atoms with van der Waals surface area (Å²) in [5.74, 6) is -3.94. The van der Waals surface area contributed by atoms with Crippen molar-refractivity contribution in [1.29, 1.82) is 0 Å². The lowest BCUT2D eigenvalue weighted by Gasteiger charge is -2.13. The van der Waals surface area contributed by atoms with Crippen molar-refractivity contribution in [3.8, 4) is 0 Å². The van der Waals surface area contributed by atoms with E-state index < -0.39 is 35.8 Å². The van der Waals surface area contributed by atoms with Crippen molar-refractivity contribution < 1.29 is 39.0 Å². The molecule has 0 aliphatic rings. The van der Waals surface area contributed by atoms with Crippen molar-refractivity contribution in [2.45, 2.75) is 180 Å². The molecule has 46 heavy (non-hydrogen) atoms. The van der Waals surface area contributed by atoms with Crippen LogP contribution < -0.4 is 22.1 Å². The number of carbonyl (C=O) groups excluding carboxylic acids is 4. The van der Waals surface area contributed by atoms with Crippen molar-refractivity contribution in [3.05, 3.63) is 0 Å². The second kappa shape index (κ2) is 31.8. The van der Waals surface area contributed by atoms with Crippen LogP contribution >= 0.6 is 0 Å². The van der Waals surface area contributed by atoms with Gasteiger partial charge in [-0.1, -0.05) is 117 Å². The summed E-state index contributed by atoms with van der Waals surface area (Å²) in [6, 6.07) is -2.07. The van der Waals surface area contributed by atoms with Crippen LogP contribution in [0.4, 0.5) is 0 Å². The smallest absolute Gasteiger partial charge is 0.326 e. The molecule has 0 aliphatic heterocycles. The summed E-state index contributed by atoms with van der Waals surface area (Å²) in [7, 11) is 0. The van der Waals surface area contributed by atoms with Gasteiger partial charge in [0.25, 0.3) is 0 Å². The fourth-order valence-corrected chi connectivity index (χ4v) is 4.81. The van der Waals surface area contributed by atoms with Crippen LogP contribution in [0.3, 0.4) is 0 Å². The molecule has 0 fully saturated rings. The van der Waals surface area contributed by atoms with E-state index in [0.29, 0.717) is 12.8 Å². The Hall–Kier alpha value is -3.18. The fourth-order valence-electron chi connectivity index (χ4n) is 4.81. The van der Waals surface area contributed by atoms with E-state index in [0.717, 1.165) is 38.5 Å². The Balaban J connectivity index is 0. The van der Waals surface area contributed by atoms with E-state index in [2.05, 4.69) is 24.5 Å². The van der Waals surface area contributed by atoms with E-state index in [9.17, 15) is 28.8 Å². The second-order valence-electron chi connectivity index (χ2n) is 12.1. The molecule has 0 aromatic rings. The predicted molar refractivity (Wildman–Crippen MR) is 180 cm³/mol. The quantitative estimate of drug-likeness (QED) is 0.0542. The highest BCUT2D eigenvalue weighted by Crippen LogP contribution is 2.12. The molecule has 4 amide bonds. The third-order valence-electron chi connectivity index (χ3n) is 7.64. The Bertz CT molecular complexity index is 785. The number of carbonyl (C=O) groups is 6. The summed E-state index contributed by atoms with van der Waals surface area (Å²) in [5.41, 5.74) is 9.98. The normalized spacial score (nSPS) is 11.9. The molecule has 0 heterocycles. The minimum atomic E-state index is -1.13. The first-order valence-electron chi connectivity index (χ1n) is 17.5. The monoisotopic (exact) mass is 656 g/mol. The van der Waals surface area contributed by atoms with Gasteiger partial charge in [0, 0.05) is 25.7 Å². The number of nitrogens with two attached hydrogens (primary N) is 2. The SMILES string of the molecule is CCCCCCCCCCCC(=O)N[C@@H](CCC(N)=O)C(=O)O.CCCCCCCCCCCC(=O)N[C@@H](CCC(N)=O)C(=O)O. The Morgan fingerprint density at radius 2 is 0.717 bits per heavy atom. The third-order valence-corrected chi connectivity index (χ3v) is 7.64. The zero-order valence-electron chi connectivity index (χ0n) is 28.6. The van der Waals surface area contributed by atoms with Crippen LogP contribution in [0.15, 0.2) is 0 Å². The molecule has 0 bridgehead atoms. The molecule has 0 rings (SSSR count). The maximum absolute atomic E-state index is 11.7. The van der Waals surface area contributed by atoms with Crippen LogP contribution in [-0.2, 0) is 28.8 Å². The maximum atomic E-state index is 11.7. The Morgan fingerprint density at radius 1 is 0.457 bits per heavy atom. The molecule has 0 aromatic heterocycles. The molecule has 0 aliphatic carbocycles. The van der Waals surface area contributed by atoms with E-state index >= 15 is 0 Å². The number of carboxylic acid groups (broad SMARTS) is 2. The van der Waals surface area contributed by atoms with Crippen molar-refractivity contribution >= 4 is 35.6 Å². The molecule has 0 saturated heterocycles. The summed E-state index contributed by atoms with van der Waals surface area (Å²) < 4.78 is 0. The summed E-state index contributed by atoms with van der Waals surface area (Å²) in [5, 5.41) is 22.9. The minimum absolute atomic E-state index is 0.0359. The summed E-state index contributed by atoms with van der Waals surface area (Å²) in [6.07, 6.45) is 21.6. The number of aliphatic carboxylic acids is 2. The number of nitrogens with one attached hydrogen (secondary N) is 2. The van der Waals surface area contributed by atoms with Gasteiger partial charge in [-0.05, 0) is 25.7 Å². The van der Waals surface area contributed by atoms with E-state index in [1.54, 1.807) is 0 Å². The number of rotatable bonds is 30. The predicted octanol–water partition coefficient (Wildman–Crippen LogP) is 5.48. The van der Waals surface area contributed by atoms with Crippen molar-refractivity contribution in [1.82, 2.24) is 10.6 Å². The van der Waals surface area contributed by atoms with Crippen LogP contribution in [0.2, 0.25) is 0 Å². The topological polar surface area (TPSA) is 219 Å². The van der Waals surface area contributed by atoms with E-state index in [-0.39, 0.29) is 37.5 Å². The van der Waals surface area contributed by atoms with Crippen LogP contribution in [0, 0.1) is 0 Å². The zero-order chi connectivity index (χ0) is 35.0. The van der Waals surface area contributed by atoms with Crippen molar-refractivity contribution in [2.24, 2.45) is 11.5 Å². The first-order valence-corrected chi connectivity index (χ1v) is 17.5. The third kappa shape index (κ3) is 32.2. The highest BCUT2D eigenvalue weighted by molar-refractivity contribution is 5.85. The van der Waals surface area contributed by atoms with Crippen LogP contribution in [0.1, 0.15) is 168 Å². The Morgan fingerprint density at radius 3 is 0.957 bits per heavy atom. The van der Waals surface area contributed by atoms with E-state index in [1.165, 1.54) is 77.0 Å². The molecule has 268 valence electrons. The number of carboxylic acids is 2. The number of amides is 4. The minimum Gasteiger partial charge on any atom is -0.480 e. The summed E-state index contributed by atoms with van der Waals surface area (Å²) in [4.78, 5) is 66.8.